The summed E-state index contributed by atoms with van der Waals surface area (Å²) >= 11 is 11.4. The van der Waals surface area contributed by atoms with Crippen molar-refractivity contribution < 1.29 is 0 Å². The molecule has 1 N–H and O–H groups in total. The fourth-order valence-corrected chi connectivity index (χ4v) is 2.01. The lowest BCUT2D eigenvalue weighted by atomic mass is 10.1. The van der Waals surface area contributed by atoms with Crippen molar-refractivity contribution in [3.8, 4) is 5.69 Å². The van der Waals surface area contributed by atoms with E-state index in [1.807, 2.05) is 35.0 Å². The molecule has 0 saturated carbocycles. The van der Waals surface area contributed by atoms with Crippen molar-refractivity contribution in [2.24, 2.45) is 0 Å². The number of para-hydroxylation sites is 1. The van der Waals surface area contributed by atoms with E-state index in [0.29, 0.717) is 10.9 Å². The number of H-pyrrole nitrogens is 1. The van der Waals surface area contributed by atoms with Crippen molar-refractivity contribution in [3.05, 3.63) is 45.7 Å². The monoisotopic (exact) mass is 252 g/mol. The molecule has 0 bridgehead atoms. The van der Waals surface area contributed by atoms with Crippen molar-refractivity contribution in [1.29, 1.82) is 0 Å². The molecule has 4 heteroatoms. The summed E-state index contributed by atoms with van der Waals surface area (Å²) in [7, 11) is 0. The fourth-order valence-electron chi connectivity index (χ4n) is 1.52. The second kappa shape index (κ2) is 4.44. The highest BCUT2D eigenvalue weighted by molar-refractivity contribution is 7.71. The first kappa shape index (κ1) is 11.4. The van der Waals surface area contributed by atoms with Gasteiger partial charge in [-0.05, 0) is 24.1 Å². The first-order chi connectivity index (χ1) is 7.59. The van der Waals surface area contributed by atoms with Crippen LogP contribution >= 0.6 is 23.8 Å². The zero-order valence-electron chi connectivity index (χ0n) is 9.20. The predicted molar refractivity (Wildman–Crippen MR) is 70.1 cm³/mol. The summed E-state index contributed by atoms with van der Waals surface area (Å²) in [6.45, 7) is 4.25. The molecule has 0 aliphatic heterocycles. The number of nitrogens with zero attached hydrogens (tertiary/aromatic N) is 1. The van der Waals surface area contributed by atoms with Gasteiger partial charge in [-0.1, -0.05) is 49.8 Å². The van der Waals surface area contributed by atoms with Crippen LogP contribution in [-0.2, 0) is 0 Å². The van der Waals surface area contributed by atoms with Crippen LogP contribution in [0.25, 0.3) is 5.69 Å². The molecule has 16 heavy (non-hydrogen) atoms. The van der Waals surface area contributed by atoms with Gasteiger partial charge in [0.15, 0.2) is 0 Å². The van der Waals surface area contributed by atoms with E-state index in [-0.39, 0.29) is 0 Å². The molecule has 0 fully saturated rings. The quantitative estimate of drug-likeness (QED) is 0.790. The summed E-state index contributed by atoms with van der Waals surface area (Å²) in [4.78, 5) is 0. The van der Waals surface area contributed by atoms with Gasteiger partial charge in [0.25, 0.3) is 0 Å². The maximum Gasteiger partial charge on any atom is 0.128 e. The first-order valence-electron chi connectivity index (χ1n) is 5.16. The standard InChI is InChI=1S/C12H13ClN2S/c1-8(2)10-7-12(16)15(14-10)11-6-4-3-5-9(11)13/h3-8,14H,1-2H3. The van der Waals surface area contributed by atoms with Crippen molar-refractivity contribution >= 4 is 23.8 Å². The minimum absolute atomic E-state index is 0.422. The lowest BCUT2D eigenvalue weighted by Crippen LogP contribution is -1.98. The fraction of sp³-hybridized carbons (Fsp3) is 0.250. The molecular formula is C12H13ClN2S. The Kier molecular flexibility index (Phi) is 3.17. The van der Waals surface area contributed by atoms with E-state index < -0.39 is 0 Å². The van der Waals surface area contributed by atoms with Crippen molar-refractivity contribution in [2.75, 3.05) is 0 Å². The van der Waals surface area contributed by atoms with Gasteiger partial charge >= 0.3 is 0 Å². The third-order valence-electron chi connectivity index (χ3n) is 2.46. The topological polar surface area (TPSA) is 20.7 Å². The zero-order valence-corrected chi connectivity index (χ0v) is 10.8. The first-order valence-corrected chi connectivity index (χ1v) is 5.95. The molecule has 0 aliphatic carbocycles. The Balaban J connectivity index is 2.57. The SMILES string of the molecule is CC(C)c1cc(=S)n(-c2ccccc2Cl)[nH]1. The zero-order chi connectivity index (χ0) is 11.7. The lowest BCUT2D eigenvalue weighted by Gasteiger charge is -2.06. The third-order valence-corrected chi connectivity index (χ3v) is 3.08. The molecule has 0 unspecified atom stereocenters. The Hall–Kier alpha value is -1.06. The molecule has 0 saturated heterocycles. The second-order valence-electron chi connectivity index (χ2n) is 3.99. The molecule has 1 heterocycles. The molecule has 2 aromatic rings. The van der Waals surface area contributed by atoms with Gasteiger partial charge in [-0.25, -0.2) is 4.68 Å². The van der Waals surface area contributed by atoms with E-state index in [1.54, 1.807) is 0 Å². The van der Waals surface area contributed by atoms with E-state index in [4.69, 9.17) is 23.8 Å². The van der Waals surface area contributed by atoms with E-state index in [1.165, 1.54) is 0 Å². The maximum absolute atomic E-state index is 6.13. The van der Waals surface area contributed by atoms with Gasteiger partial charge in [-0.15, -0.1) is 0 Å². The number of rotatable bonds is 2. The summed E-state index contributed by atoms with van der Waals surface area (Å²) in [5.74, 6) is 0.422. The molecule has 0 amide bonds. The molecule has 2 rings (SSSR count). The summed E-state index contributed by atoms with van der Waals surface area (Å²) in [5, 5.41) is 3.96. The lowest BCUT2D eigenvalue weighted by molar-refractivity contribution is 0.766. The Labute approximate surface area is 105 Å². The second-order valence-corrected chi connectivity index (χ2v) is 4.82. The van der Waals surface area contributed by atoms with E-state index in [2.05, 4.69) is 18.9 Å². The number of aromatic amines is 1. The molecule has 0 radical (unpaired) electrons. The molecular weight excluding hydrogens is 240 g/mol. The smallest absolute Gasteiger partial charge is 0.128 e. The molecule has 0 spiro atoms. The molecule has 84 valence electrons. The van der Waals surface area contributed by atoms with E-state index >= 15 is 0 Å². The van der Waals surface area contributed by atoms with Gasteiger partial charge in [-0.2, -0.15) is 0 Å². The van der Waals surface area contributed by atoms with Crippen molar-refractivity contribution in [2.45, 2.75) is 19.8 Å². The number of hydrogen-bond acceptors (Lipinski definition) is 1. The number of aromatic nitrogens is 2. The van der Waals surface area contributed by atoms with Crippen LogP contribution in [0.15, 0.2) is 30.3 Å². The van der Waals surface area contributed by atoms with Gasteiger partial charge in [0, 0.05) is 5.69 Å². The van der Waals surface area contributed by atoms with Crippen LogP contribution in [0.5, 0.6) is 0 Å². The summed E-state index contributed by atoms with van der Waals surface area (Å²) in [5.41, 5.74) is 2.01. The highest BCUT2D eigenvalue weighted by Crippen LogP contribution is 2.21. The Morgan fingerprint density at radius 1 is 1.31 bits per heavy atom. The third kappa shape index (κ3) is 2.06. The van der Waals surface area contributed by atoms with Crippen molar-refractivity contribution in [1.82, 2.24) is 9.78 Å². The van der Waals surface area contributed by atoms with Gasteiger partial charge in [0.05, 0.1) is 10.7 Å². The average Bonchev–Trinajstić information content (AvgIpc) is 2.61. The van der Waals surface area contributed by atoms with E-state index in [0.717, 1.165) is 16.0 Å². The number of nitrogens with one attached hydrogen (secondary N) is 1. The van der Waals surface area contributed by atoms with E-state index in [9.17, 15) is 0 Å². The highest BCUT2D eigenvalue weighted by Gasteiger charge is 2.07. The Morgan fingerprint density at radius 2 is 2.00 bits per heavy atom. The number of halogens is 1. The van der Waals surface area contributed by atoms with Gasteiger partial charge in [0.2, 0.25) is 0 Å². The average molecular weight is 253 g/mol. The van der Waals surface area contributed by atoms with Crippen LogP contribution in [0, 0.1) is 4.64 Å². The summed E-state index contributed by atoms with van der Waals surface area (Å²) in [6.07, 6.45) is 0. The van der Waals surface area contributed by atoms with Crippen LogP contribution in [0.3, 0.4) is 0 Å². The minimum atomic E-state index is 0.422. The van der Waals surface area contributed by atoms with Crippen LogP contribution in [0.2, 0.25) is 5.02 Å². The summed E-state index contributed by atoms with van der Waals surface area (Å²) < 4.78 is 2.59. The van der Waals surface area contributed by atoms with Crippen LogP contribution < -0.4 is 0 Å². The minimum Gasteiger partial charge on any atom is -0.297 e. The molecule has 1 aromatic heterocycles. The van der Waals surface area contributed by atoms with Crippen LogP contribution in [0.4, 0.5) is 0 Å². The molecule has 0 aliphatic rings. The number of hydrogen-bond donors (Lipinski definition) is 1. The predicted octanol–water partition coefficient (Wildman–Crippen LogP) is 4.31. The Bertz CT molecular complexity index is 554. The molecule has 2 nitrogen and oxygen atoms in total. The molecule has 0 atom stereocenters. The Morgan fingerprint density at radius 3 is 2.56 bits per heavy atom. The van der Waals surface area contributed by atoms with Gasteiger partial charge in [-0.3, -0.25) is 5.10 Å². The van der Waals surface area contributed by atoms with Gasteiger partial charge in [0.1, 0.15) is 4.64 Å². The normalized spacial score (nSPS) is 11.0. The van der Waals surface area contributed by atoms with Crippen LogP contribution in [0.1, 0.15) is 25.5 Å². The van der Waals surface area contributed by atoms with Crippen LogP contribution in [-0.4, -0.2) is 9.78 Å². The maximum atomic E-state index is 6.13. The van der Waals surface area contributed by atoms with Crippen molar-refractivity contribution in [3.63, 3.8) is 0 Å². The largest absolute Gasteiger partial charge is 0.297 e. The summed E-state index contributed by atoms with van der Waals surface area (Å²) in [6, 6.07) is 9.62. The number of benzene rings is 1. The highest BCUT2D eigenvalue weighted by atomic mass is 35.5. The molecule has 1 aromatic carbocycles. The van der Waals surface area contributed by atoms with Gasteiger partial charge < -0.3 is 0 Å².